The number of nitrogens with one attached hydrogen (secondary N) is 3. The Morgan fingerprint density at radius 1 is 1.23 bits per heavy atom. The van der Waals surface area contributed by atoms with Gasteiger partial charge >= 0.3 is 0 Å². The van der Waals surface area contributed by atoms with E-state index in [9.17, 15) is 19.6 Å². The first-order valence-electron chi connectivity index (χ1n) is 11.4. The molecule has 0 aliphatic carbocycles. The molecule has 1 aliphatic heterocycles. The molecule has 0 spiro atoms. The molecule has 3 N–H and O–H groups in total. The van der Waals surface area contributed by atoms with Gasteiger partial charge < -0.3 is 16.0 Å². The van der Waals surface area contributed by atoms with Gasteiger partial charge in [0.05, 0.1) is 13.1 Å². The number of terminal acetylenes is 1. The summed E-state index contributed by atoms with van der Waals surface area (Å²) in [7, 11) is 0. The molecule has 2 aromatic rings. The molecule has 3 rings (SSSR count). The molecule has 0 bridgehead atoms. The van der Waals surface area contributed by atoms with Crippen molar-refractivity contribution in [1.82, 2.24) is 14.8 Å². The third-order valence-corrected chi connectivity index (χ3v) is 6.59. The lowest BCUT2D eigenvalue weighted by atomic mass is 10.1. The lowest BCUT2D eigenvalue weighted by Gasteiger charge is -2.25. The van der Waals surface area contributed by atoms with Crippen LogP contribution in [0.4, 0.5) is 11.4 Å². The van der Waals surface area contributed by atoms with Gasteiger partial charge in [-0.3, -0.25) is 23.9 Å². The highest BCUT2D eigenvalue weighted by molar-refractivity contribution is 7.07. The summed E-state index contributed by atoms with van der Waals surface area (Å²) in [5.41, 5.74) is 0.841. The Kier molecular flexibility index (Phi) is 9.24. The minimum atomic E-state index is -0.624. The number of aromatic nitrogens is 1. The van der Waals surface area contributed by atoms with E-state index in [1.165, 1.54) is 17.2 Å². The molecule has 1 aliphatic rings. The van der Waals surface area contributed by atoms with Crippen LogP contribution < -0.4 is 30.7 Å². The maximum absolute atomic E-state index is 12.9. The van der Waals surface area contributed by atoms with Crippen LogP contribution in [-0.4, -0.2) is 47.5 Å². The number of anilines is 2. The molecule has 0 atom stereocenters. The van der Waals surface area contributed by atoms with E-state index in [0.717, 1.165) is 37.3 Å². The van der Waals surface area contributed by atoms with E-state index < -0.39 is 5.91 Å². The minimum absolute atomic E-state index is 0.0167. The smallest absolute Gasteiger partial charge is 0.270 e. The van der Waals surface area contributed by atoms with E-state index in [0.29, 0.717) is 29.0 Å². The maximum atomic E-state index is 12.9. The maximum Gasteiger partial charge on any atom is 0.270 e. The lowest BCUT2D eigenvalue weighted by Crippen LogP contribution is -2.36. The quantitative estimate of drug-likeness (QED) is 0.465. The average Bonchev–Trinajstić information content (AvgIpc) is 3.17. The van der Waals surface area contributed by atoms with Crippen LogP contribution in [0.25, 0.3) is 11.8 Å². The largest absolute Gasteiger partial charge is 0.360 e. The summed E-state index contributed by atoms with van der Waals surface area (Å²) >= 11 is 1.04. The fourth-order valence-corrected chi connectivity index (χ4v) is 4.85. The van der Waals surface area contributed by atoms with Crippen LogP contribution >= 0.6 is 11.3 Å². The van der Waals surface area contributed by atoms with Crippen molar-refractivity contribution < 1.29 is 9.59 Å². The lowest BCUT2D eigenvalue weighted by molar-refractivity contribution is -0.117. The van der Waals surface area contributed by atoms with Gasteiger partial charge in [0, 0.05) is 24.1 Å². The summed E-state index contributed by atoms with van der Waals surface area (Å²) in [5.74, 6) is 1.60. The van der Waals surface area contributed by atoms with Crippen LogP contribution in [0.2, 0.25) is 0 Å². The standard InChI is InChI=1S/C25H28N6O3S/c1-3-11-27-23(33)20(15-26)25-31(4-2)24(34)21(35-25)16-28-18-9-8-10-19(14-18)29-22(32)17-30-12-6-5-7-13-30/h1,8-10,14,16,28H,4-7,11-13,17H2,2H3,(H,27,33)(H,29,32)/b21-16+,25-20-. The topological polar surface area (TPSA) is 119 Å². The third kappa shape index (κ3) is 6.82. The summed E-state index contributed by atoms with van der Waals surface area (Å²) in [4.78, 5) is 39.7. The first-order valence-corrected chi connectivity index (χ1v) is 12.2. The van der Waals surface area contributed by atoms with Gasteiger partial charge in [0.15, 0.2) is 5.57 Å². The van der Waals surface area contributed by atoms with Crippen LogP contribution in [-0.2, 0) is 16.1 Å². The first kappa shape index (κ1) is 25.8. The number of hydrogen-bond donors (Lipinski definition) is 3. The summed E-state index contributed by atoms with van der Waals surface area (Å²) in [5, 5.41) is 18.0. The van der Waals surface area contributed by atoms with Gasteiger partial charge in [0.25, 0.3) is 11.5 Å². The first-order chi connectivity index (χ1) is 17.0. The van der Waals surface area contributed by atoms with Crippen LogP contribution in [0.1, 0.15) is 26.2 Å². The summed E-state index contributed by atoms with van der Waals surface area (Å²) < 4.78 is 1.98. The van der Waals surface area contributed by atoms with Crippen molar-refractivity contribution in [2.24, 2.45) is 0 Å². The second-order valence-corrected chi connectivity index (χ2v) is 8.98. The fraction of sp³-hybridized carbons (Fsp3) is 0.360. The van der Waals surface area contributed by atoms with Gasteiger partial charge in [0.1, 0.15) is 15.3 Å². The Labute approximate surface area is 207 Å². The van der Waals surface area contributed by atoms with E-state index in [1.54, 1.807) is 25.1 Å². The van der Waals surface area contributed by atoms with Crippen molar-refractivity contribution in [1.29, 1.82) is 5.26 Å². The highest BCUT2D eigenvalue weighted by Gasteiger charge is 2.15. The van der Waals surface area contributed by atoms with Crippen LogP contribution in [0.3, 0.4) is 0 Å². The van der Waals surface area contributed by atoms with Crippen LogP contribution in [0.5, 0.6) is 0 Å². The van der Waals surface area contributed by atoms with Gasteiger partial charge in [-0.15, -0.1) is 17.8 Å². The molecule has 0 unspecified atom stereocenters. The predicted octanol–water partition coefficient (Wildman–Crippen LogP) is 0.628. The average molecular weight is 493 g/mol. The molecule has 2 amide bonds. The molecule has 1 fully saturated rings. The van der Waals surface area contributed by atoms with E-state index >= 15 is 0 Å². The number of nitriles is 1. The van der Waals surface area contributed by atoms with Crippen molar-refractivity contribution in [3.05, 3.63) is 43.8 Å². The van der Waals surface area contributed by atoms with E-state index in [2.05, 4.69) is 26.8 Å². The summed E-state index contributed by atoms with van der Waals surface area (Å²) in [6.45, 7) is 4.29. The number of benzene rings is 1. The molecular weight excluding hydrogens is 464 g/mol. The molecular formula is C25H28N6O3S. The van der Waals surface area contributed by atoms with Gasteiger partial charge in [-0.25, -0.2) is 0 Å². The number of carbonyl (C=O) groups excluding carboxylic acids is 2. The number of piperidine rings is 1. The molecule has 9 nitrogen and oxygen atoms in total. The van der Waals surface area contributed by atoms with Gasteiger partial charge in [-0.1, -0.05) is 18.4 Å². The second-order valence-electron chi connectivity index (χ2n) is 7.95. The molecule has 2 heterocycles. The Hall–Kier alpha value is -3.86. The molecule has 0 radical (unpaired) electrons. The number of amides is 2. The number of likely N-dealkylation sites (tertiary alicyclic amines) is 1. The van der Waals surface area contributed by atoms with Crippen molar-refractivity contribution in [2.45, 2.75) is 32.7 Å². The normalized spacial score (nSPS) is 15.0. The van der Waals surface area contributed by atoms with Crippen molar-refractivity contribution >= 4 is 46.3 Å². The highest BCUT2D eigenvalue weighted by atomic mass is 32.1. The van der Waals surface area contributed by atoms with Crippen molar-refractivity contribution in [3.8, 4) is 18.4 Å². The van der Waals surface area contributed by atoms with Crippen molar-refractivity contribution in [3.63, 3.8) is 0 Å². The van der Waals surface area contributed by atoms with E-state index in [1.807, 2.05) is 12.1 Å². The van der Waals surface area contributed by atoms with Gasteiger partial charge in [-0.2, -0.15) is 5.26 Å². The zero-order valence-electron chi connectivity index (χ0n) is 19.6. The number of rotatable bonds is 8. The molecule has 10 heteroatoms. The van der Waals surface area contributed by atoms with Crippen LogP contribution in [0, 0.1) is 23.7 Å². The third-order valence-electron chi connectivity index (χ3n) is 5.46. The Bertz CT molecular complexity index is 1340. The minimum Gasteiger partial charge on any atom is -0.360 e. The highest BCUT2D eigenvalue weighted by Crippen LogP contribution is 2.15. The predicted molar refractivity (Wildman–Crippen MR) is 138 cm³/mol. The van der Waals surface area contributed by atoms with Crippen LogP contribution in [0.15, 0.2) is 29.1 Å². The number of carbonyl (C=O) groups is 2. The zero-order chi connectivity index (χ0) is 25.2. The second kappa shape index (κ2) is 12.6. The van der Waals surface area contributed by atoms with E-state index in [-0.39, 0.29) is 28.2 Å². The van der Waals surface area contributed by atoms with E-state index in [4.69, 9.17) is 6.42 Å². The molecule has 0 saturated carbocycles. The fourth-order valence-electron chi connectivity index (χ4n) is 3.76. The molecule has 1 aromatic carbocycles. The van der Waals surface area contributed by atoms with Gasteiger partial charge in [-0.05, 0) is 51.1 Å². The monoisotopic (exact) mass is 492 g/mol. The molecule has 35 heavy (non-hydrogen) atoms. The Morgan fingerprint density at radius 3 is 2.66 bits per heavy atom. The number of nitrogens with zero attached hydrogens (tertiary/aromatic N) is 3. The SMILES string of the molecule is C#CCNC(=O)/C(C#N)=c1\s/c(=C/Nc2cccc(NC(=O)CN3CCCCC3)c2)c(=O)n1CC. The number of hydrogen-bond acceptors (Lipinski definition) is 7. The molecule has 1 aromatic heterocycles. The Morgan fingerprint density at radius 2 is 1.97 bits per heavy atom. The summed E-state index contributed by atoms with van der Waals surface area (Å²) in [6, 6.07) is 9.07. The van der Waals surface area contributed by atoms with Crippen molar-refractivity contribution in [2.75, 3.05) is 36.8 Å². The van der Waals surface area contributed by atoms with Gasteiger partial charge in [0.2, 0.25) is 5.91 Å². The number of thiazole rings is 1. The zero-order valence-corrected chi connectivity index (χ0v) is 20.4. The summed E-state index contributed by atoms with van der Waals surface area (Å²) in [6.07, 6.45) is 10.2. The molecule has 182 valence electrons. The molecule has 1 saturated heterocycles. The Balaban J connectivity index is 1.80.